The summed E-state index contributed by atoms with van der Waals surface area (Å²) >= 11 is 0. The third-order valence-corrected chi connectivity index (χ3v) is 2.67. The van der Waals surface area contributed by atoms with E-state index in [1.165, 1.54) is 0 Å². The van der Waals surface area contributed by atoms with Crippen LogP contribution < -0.4 is 0 Å². The summed E-state index contributed by atoms with van der Waals surface area (Å²) in [5, 5.41) is 0. The maximum absolute atomic E-state index is 11.7. The van der Waals surface area contributed by atoms with E-state index in [0.717, 1.165) is 11.1 Å². The van der Waals surface area contributed by atoms with E-state index in [1.54, 1.807) is 6.92 Å². The molecule has 0 aliphatic heterocycles. The minimum absolute atomic E-state index is 0.182. The smallest absolute Gasteiger partial charge is 0.310 e. The summed E-state index contributed by atoms with van der Waals surface area (Å²) in [6, 6.07) is 7.37. The van der Waals surface area contributed by atoms with E-state index in [9.17, 15) is 9.59 Å². The number of esters is 2. The molecule has 20 heavy (non-hydrogen) atoms. The molecule has 4 nitrogen and oxygen atoms in total. The Bertz CT molecular complexity index is 452. The van der Waals surface area contributed by atoms with Gasteiger partial charge in [-0.15, -0.1) is 0 Å². The molecule has 0 saturated heterocycles. The number of hydrogen-bond acceptors (Lipinski definition) is 4. The molecule has 0 saturated carbocycles. The Balaban J connectivity index is 2.65. The topological polar surface area (TPSA) is 52.6 Å². The van der Waals surface area contributed by atoms with E-state index in [2.05, 4.69) is 0 Å². The standard InChI is InChI=1S/C16H22O4/c1-4-19-15(17)9-13-7-5-6-8-14(13)10-16(18)20-11-12(2)3/h5-8,12H,4,9-11H2,1-3H3. The molecule has 1 aromatic rings. The predicted molar refractivity (Wildman–Crippen MR) is 76.3 cm³/mol. The van der Waals surface area contributed by atoms with Gasteiger partial charge in [-0.25, -0.2) is 0 Å². The van der Waals surface area contributed by atoms with Crippen LogP contribution in [0, 0.1) is 5.92 Å². The zero-order valence-electron chi connectivity index (χ0n) is 12.3. The molecule has 1 rings (SSSR count). The van der Waals surface area contributed by atoms with Crippen molar-refractivity contribution < 1.29 is 19.1 Å². The number of ether oxygens (including phenoxy) is 2. The molecule has 1 aromatic carbocycles. The molecule has 110 valence electrons. The Morgan fingerprint density at radius 1 is 1.00 bits per heavy atom. The second-order valence-corrected chi connectivity index (χ2v) is 5.00. The molecule has 0 heterocycles. The first-order valence-electron chi connectivity index (χ1n) is 6.91. The molecular formula is C16H22O4. The second kappa shape index (κ2) is 8.35. The Kier molecular flexibility index (Phi) is 6.77. The highest BCUT2D eigenvalue weighted by molar-refractivity contribution is 5.76. The molecular weight excluding hydrogens is 256 g/mol. The predicted octanol–water partition coefficient (Wildman–Crippen LogP) is 2.53. The molecule has 0 amide bonds. The van der Waals surface area contributed by atoms with Crippen LogP contribution in [0.15, 0.2) is 24.3 Å². The van der Waals surface area contributed by atoms with Crippen LogP contribution in [-0.2, 0) is 31.9 Å². The SMILES string of the molecule is CCOC(=O)Cc1ccccc1CC(=O)OCC(C)C. The fraction of sp³-hybridized carbons (Fsp3) is 0.500. The highest BCUT2D eigenvalue weighted by Gasteiger charge is 2.12. The minimum atomic E-state index is -0.282. The van der Waals surface area contributed by atoms with E-state index < -0.39 is 0 Å². The zero-order valence-corrected chi connectivity index (χ0v) is 12.3. The summed E-state index contributed by atoms with van der Waals surface area (Å²) in [7, 11) is 0. The number of benzene rings is 1. The molecule has 0 radical (unpaired) electrons. The average Bonchev–Trinajstić information content (AvgIpc) is 2.39. The van der Waals surface area contributed by atoms with Crippen LogP contribution in [0.5, 0.6) is 0 Å². The van der Waals surface area contributed by atoms with E-state index in [0.29, 0.717) is 19.1 Å². The average molecular weight is 278 g/mol. The van der Waals surface area contributed by atoms with Crippen LogP contribution >= 0.6 is 0 Å². The van der Waals surface area contributed by atoms with Crippen molar-refractivity contribution in [2.45, 2.75) is 33.6 Å². The molecule has 0 atom stereocenters. The van der Waals surface area contributed by atoms with Crippen LogP contribution in [0.3, 0.4) is 0 Å². The van der Waals surface area contributed by atoms with Gasteiger partial charge in [0, 0.05) is 0 Å². The Hall–Kier alpha value is -1.84. The van der Waals surface area contributed by atoms with Crippen molar-refractivity contribution in [2.24, 2.45) is 5.92 Å². The number of hydrogen-bond donors (Lipinski definition) is 0. The maximum atomic E-state index is 11.7. The lowest BCUT2D eigenvalue weighted by atomic mass is 10.0. The molecule has 4 heteroatoms. The number of rotatable bonds is 7. The third kappa shape index (κ3) is 5.87. The quantitative estimate of drug-likeness (QED) is 0.719. The first-order valence-corrected chi connectivity index (χ1v) is 6.91. The van der Waals surface area contributed by atoms with E-state index in [1.807, 2.05) is 38.1 Å². The molecule has 0 fully saturated rings. The van der Waals surface area contributed by atoms with Gasteiger partial charge in [-0.05, 0) is 24.0 Å². The van der Waals surface area contributed by atoms with Crippen molar-refractivity contribution >= 4 is 11.9 Å². The molecule has 0 spiro atoms. The van der Waals surface area contributed by atoms with Crippen LogP contribution in [0.4, 0.5) is 0 Å². The van der Waals surface area contributed by atoms with Crippen LogP contribution in [0.25, 0.3) is 0 Å². The Morgan fingerprint density at radius 2 is 1.50 bits per heavy atom. The highest BCUT2D eigenvalue weighted by atomic mass is 16.5. The molecule has 0 N–H and O–H groups in total. The third-order valence-electron chi connectivity index (χ3n) is 2.67. The van der Waals surface area contributed by atoms with E-state index in [4.69, 9.17) is 9.47 Å². The molecule has 0 unspecified atom stereocenters. The highest BCUT2D eigenvalue weighted by Crippen LogP contribution is 2.12. The summed E-state index contributed by atoms with van der Waals surface area (Å²) in [4.78, 5) is 23.3. The van der Waals surface area contributed by atoms with Gasteiger partial charge in [0.25, 0.3) is 0 Å². The molecule has 0 bridgehead atoms. The van der Waals surface area contributed by atoms with Crippen LogP contribution in [0.1, 0.15) is 31.9 Å². The van der Waals surface area contributed by atoms with Gasteiger partial charge in [-0.2, -0.15) is 0 Å². The van der Waals surface area contributed by atoms with Gasteiger partial charge in [0.05, 0.1) is 26.1 Å². The minimum Gasteiger partial charge on any atom is -0.466 e. The van der Waals surface area contributed by atoms with Crippen molar-refractivity contribution in [1.29, 1.82) is 0 Å². The fourth-order valence-corrected chi connectivity index (χ4v) is 1.74. The molecule has 0 aliphatic rings. The lowest BCUT2D eigenvalue weighted by molar-refractivity contribution is -0.144. The lowest BCUT2D eigenvalue weighted by Crippen LogP contribution is -2.15. The summed E-state index contributed by atoms with van der Waals surface area (Å²) in [6.07, 6.45) is 0.365. The summed E-state index contributed by atoms with van der Waals surface area (Å²) in [6.45, 7) is 6.52. The van der Waals surface area contributed by atoms with Crippen molar-refractivity contribution in [3.63, 3.8) is 0 Å². The first-order chi connectivity index (χ1) is 9.52. The van der Waals surface area contributed by atoms with Gasteiger partial charge >= 0.3 is 11.9 Å². The van der Waals surface area contributed by atoms with Crippen LogP contribution in [0.2, 0.25) is 0 Å². The molecule has 0 aromatic heterocycles. The van der Waals surface area contributed by atoms with Gasteiger partial charge in [-0.3, -0.25) is 9.59 Å². The second-order valence-electron chi connectivity index (χ2n) is 5.00. The first kappa shape index (κ1) is 16.2. The largest absolute Gasteiger partial charge is 0.466 e. The van der Waals surface area contributed by atoms with Crippen molar-refractivity contribution in [3.8, 4) is 0 Å². The van der Waals surface area contributed by atoms with Crippen LogP contribution in [-0.4, -0.2) is 25.2 Å². The summed E-state index contributed by atoms with van der Waals surface area (Å²) in [5.41, 5.74) is 1.63. The van der Waals surface area contributed by atoms with Crippen molar-refractivity contribution in [3.05, 3.63) is 35.4 Å². The van der Waals surface area contributed by atoms with E-state index in [-0.39, 0.29) is 24.8 Å². The summed E-state index contributed by atoms with van der Waals surface area (Å²) in [5.74, 6) is -0.237. The Labute approximate surface area is 120 Å². The van der Waals surface area contributed by atoms with Gasteiger partial charge < -0.3 is 9.47 Å². The monoisotopic (exact) mass is 278 g/mol. The fourth-order valence-electron chi connectivity index (χ4n) is 1.74. The van der Waals surface area contributed by atoms with Gasteiger partial charge in [0.2, 0.25) is 0 Å². The van der Waals surface area contributed by atoms with Crippen molar-refractivity contribution in [2.75, 3.05) is 13.2 Å². The van der Waals surface area contributed by atoms with E-state index >= 15 is 0 Å². The number of carbonyl (C=O) groups is 2. The van der Waals surface area contributed by atoms with Gasteiger partial charge in [0.1, 0.15) is 0 Å². The van der Waals surface area contributed by atoms with Gasteiger partial charge in [-0.1, -0.05) is 38.1 Å². The Morgan fingerprint density at radius 3 is 1.95 bits per heavy atom. The number of carbonyl (C=O) groups excluding carboxylic acids is 2. The summed E-state index contributed by atoms with van der Waals surface area (Å²) < 4.78 is 10.1. The molecule has 0 aliphatic carbocycles. The van der Waals surface area contributed by atoms with Gasteiger partial charge in [0.15, 0.2) is 0 Å². The zero-order chi connectivity index (χ0) is 15.0. The normalized spacial score (nSPS) is 10.4. The lowest BCUT2D eigenvalue weighted by Gasteiger charge is -2.10. The van der Waals surface area contributed by atoms with Crippen molar-refractivity contribution in [1.82, 2.24) is 0 Å². The maximum Gasteiger partial charge on any atom is 0.310 e.